The van der Waals surface area contributed by atoms with Crippen LogP contribution in [-0.4, -0.2) is 16.9 Å². The highest BCUT2D eigenvalue weighted by Gasteiger charge is 2.04. The minimum Gasteiger partial charge on any atom is -0.350 e. The van der Waals surface area contributed by atoms with Crippen LogP contribution in [0.3, 0.4) is 0 Å². The number of carbonyl (C=O) groups excluding carboxylic acids is 1. The minimum atomic E-state index is -0.101. The molecule has 0 aliphatic carbocycles. The Labute approximate surface area is 89.9 Å². The predicted octanol–water partition coefficient (Wildman–Crippen LogP) is 0.744. The molecule has 82 valence electrons. The Morgan fingerprint density at radius 2 is 2.33 bits per heavy atom. The number of rotatable bonds is 4. The van der Waals surface area contributed by atoms with E-state index in [1.807, 2.05) is 32.0 Å². The average Bonchev–Trinajstić information content (AvgIpc) is 2.14. The molecule has 15 heavy (non-hydrogen) atoms. The van der Waals surface area contributed by atoms with Gasteiger partial charge in [0.15, 0.2) is 0 Å². The van der Waals surface area contributed by atoms with E-state index in [0.29, 0.717) is 13.0 Å². The van der Waals surface area contributed by atoms with Crippen molar-refractivity contribution in [3.63, 3.8) is 0 Å². The van der Waals surface area contributed by atoms with Gasteiger partial charge in [-0.25, -0.2) is 0 Å². The topological polar surface area (TPSA) is 68.0 Å². The van der Waals surface area contributed by atoms with Crippen molar-refractivity contribution in [3.05, 3.63) is 29.6 Å². The Hall–Kier alpha value is -1.42. The van der Waals surface area contributed by atoms with Crippen molar-refractivity contribution in [3.8, 4) is 0 Å². The van der Waals surface area contributed by atoms with Crippen molar-refractivity contribution in [2.24, 2.45) is 5.73 Å². The summed E-state index contributed by atoms with van der Waals surface area (Å²) in [5.74, 6) is -0.0340. The van der Waals surface area contributed by atoms with E-state index in [9.17, 15) is 4.79 Å². The largest absolute Gasteiger partial charge is 0.350 e. The lowest BCUT2D eigenvalue weighted by Crippen LogP contribution is -2.29. The Kier molecular flexibility index (Phi) is 4.24. The molecule has 0 radical (unpaired) electrons. The summed E-state index contributed by atoms with van der Waals surface area (Å²) in [7, 11) is 0. The van der Waals surface area contributed by atoms with E-state index in [1.54, 1.807) is 0 Å². The second-order valence-corrected chi connectivity index (χ2v) is 3.73. The third kappa shape index (κ3) is 4.56. The van der Waals surface area contributed by atoms with E-state index in [2.05, 4.69) is 10.3 Å². The summed E-state index contributed by atoms with van der Waals surface area (Å²) < 4.78 is 0. The molecule has 0 aliphatic rings. The molecule has 1 aromatic heterocycles. The first kappa shape index (κ1) is 11.7. The van der Waals surface area contributed by atoms with Crippen molar-refractivity contribution in [2.75, 3.05) is 0 Å². The number of hydrogen-bond donors (Lipinski definition) is 2. The molecule has 1 aromatic rings. The molecule has 1 rings (SSSR count). The number of pyridine rings is 1. The highest BCUT2D eigenvalue weighted by Crippen LogP contribution is 1.97. The Morgan fingerprint density at radius 1 is 1.60 bits per heavy atom. The third-order valence-corrected chi connectivity index (χ3v) is 1.92. The standard InChI is InChI=1S/C11H17N3O/c1-8(12)6-11(15)13-7-10-5-3-4-9(2)14-10/h3-5,8H,6-7,12H2,1-2H3,(H,13,15). The van der Waals surface area contributed by atoms with Crippen molar-refractivity contribution in [2.45, 2.75) is 32.9 Å². The third-order valence-electron chi connectivity index (χ3n) is 1.92. The molecule has 0 saturated carbocycles. The highest BCUT2D eigenvalue weighted by molar-refractivity contribution is 5.76. The normalized spacial score (nSPS) is 12.2. The predicted molar refractivity (Wildman–Crippen MR) is 59.1 cm³/mol. The van der Waals surface area contributed by atoms with Crippen LogP contribution >= 0.6 is 0 Å². The number of amides is 1. The van der Waals surface area contributed by atoms with Gasteiger partial charge in [0.25, 0.3) is 0 Å². The van der Waals surface area contributed by atoms with Gasteiger partial charge in [0.1, 0.15) is 0 Å². The Morgan fingerprint density at radius 3 is 2.93 bits per heavy atom. The van der Waals surface area contributed by atoms with Crippen molar-refractivity contribution in [1.82, 2.24) is 10.3 Å². The molecule has 0 fully saturated rings. The molecule has 0 spiro atoms. The molecule has 1 atom stereocenters. The van der Waals surface area contributed by atoms with E-state index in [1.165, 1.54) is 0 Å². The van der Waals surface area contributed by atoms with E-state index < -0.39 is 0 Å². The number of carbonyl (C=O) groups is 1. The van der Waals surface area contributed by atoms with Gasteiger partial charge < -0.3 is 11.1 Å². The van der Waals surface area contributed by atoms with Crippen LogP contribution in [0, 0.1) is 6.92 Å². The summed E-state index contributed by atoms with van der Waals surface area (Å²) in [5, 5.41) is 2.78. The number of hydrogen-bond acceptors (Lipinski definition) is 3. The number of nitrogens with one attached hydrogen (secondary N) is 1. The first-order valence-electron chi connectivity index (χ1n) is 5.02. The van der Waals surface area contributed by atoms with Crippen LogP contribution < -0.4 is 11.1 Å². The van der Waals surface area contributed by atoms with Gasteiger partial charge in [-0.2, -0.15) is 0 Å². The van der Waals surface area contributed by atoms with Crippen molar-refractivity contribution >= 4 is 5.91 Å². The quantitative estimate of drug-likeness (QED) is 0.765. The maximum atomic E-state index is 11.3. The first-order chi connectivity index (χ1) is 7.08. The van der Waals surface area contributed by atoms with Crippen LogP contribution in [0.1, 0.15) is 24.7 Å². The molecule has 0 bridgehead atoms. The minimum absolute atomic E-state index is 0.0340. The second kappa shape index (κ2) is 5.46. The van der Waals surface area contributed by atoms with Crippen molar-refractivity contribution in [1.29, 1.82) is 0 Å². The molecule has 3 N–H and O–H groups in total. The maximum Gasteiger partial charge on any atom is 0.221 e. The SMILES string of the molecule is Cc1cccc(CNC(=O)CC(C)N)n1. The van der Waals surface area contributed by atoms with Crippen LogP contribution in [-0.2, 0) is 11.3 Å². The molecule has 4 heteroatoms. The Bertz CT molecular complexity index is 336. The fourth-order valence-electron chi connectivity index (χ4n) is 1.25. The van der Waals surface area contributed by atoms with Crippen LogP contribution in [0.2, 0.25) is 0 Å². The molecule has 0 aromatic carbocycles. The fraction of sp³-hybridized carbons (Fsp3) is 0.455. The van der Waals surface area contributed by atoms with E-state index in [4.69, 9.17) is 5.73 Å². The molecule has 4 nitrogen and oxygen atoms in total. The number of nitrogens with zero attached hydrogens (tertiary/aromatic N) is 1. The van der Waals surface area contributed by atoms with Crippen LogP contribution in [0.4, 0.5) is 0 Å². The molecule has 0 saturated heterocycles. The van der Waals surface area contributed by atoms with E-state index in [0.717, 1.165) is 11.4 Å². The summed E-state index contributed by atoms with van der Waals surface area (Å²) in [5.41, 5.74) is 7.33. The van der Waals surface area contributed by atoms with E-state index in [-0.39, 0.29) is 11.9 Å². The van der Waals surface area contributed by atoms with Gasteiger partial charge in [0, 0.05) is 18.2 Å². The van der Waals surface area contributed by atoms with Gasteiger partial charge >= 0.3 is 0 Å². The summed E-state index contributed by atoms with van der Waals surface area (Å²) in [6, 6.07) is 5.64. The average molecular weight is 207 g/mol. The number of aryl methyl sites for hydroxylation is 1. The molecular formula is C11H17N3O. The summed E-state index contributed by atoms with van der Waals surface area (Å²) in [6.45, 7) is 4.20. The lowest BCUT2D eigenvalue weighted by Gasteiger charge is -2.07. The van der Waals surface area contributed by atoms with Gasteiger partial charge in [-0.1, -0.05) is 6.07 Å². The lowest BCUT2D eigenvalue weighted by atomic mass is 10.2. The fourth-order valence-corrected chi connectivity index (χ4v) is 1.25. The smallest absolute Gasteiger partial charge is 0.221 e. The number of aromatic nitrogens is 1. The van der Waals surface area contributed by atoms with Gasteiger partial charge in [-0.15, -0.1) is 0 Å². The second-order valence-electron chi connectivity index (χ2n) is 3.73. The van der Waals surface area contributed by atoms with Gasteiger partial charge in [-0.3, -0.25) is 9.78 Å². The zero-order valence-corrected chi connectivity index (χ0v) is 9.16. The lowest BCUT2D eigenvalue weighted by molar-refractivity contribution is -0.121. The van der Waals surface area contributed by atoms with Gasteiger partial charge in [0.05, 0.1) is 12.2 Å². The zero-order valence-electron chi connectivity index (χ0n) is 9.16. The van der Waals surface area contributed by atoms with Crippen LogP contribution in [0.15, 0.2) is 18.2 Å². The van der Waals surface area contributed by atoms with Crippen molar-refractivity contribution < 1.29 is 4.79 Å². The number of nitrogens with two attached hydrogens (primary N) is 1. The van der Waals surface area contributed by atoms with Gasteiger partial charge in [0.2, 0.25) is 5.91 Å². The van der Waals surface area contributed by atoms with Gasteiger partial charge in [-0.05, 0) is 26.0 Å². The molecule has 1 amide bonds. The molecule has 1 unspecified atom stereocenters. The van der Waals surface area contributed by atoms with E-state index >= 15 is 0 Å². The molecule has 1 heterocycles. The molecule has 0 aliphatic heterocycles. The summed E-state index contributed by atoms with van der Waals surface area (Å²) in [4.78, 5) is 15.6. The first-order valence-corrected chi connectivity index (χ1v) is 5.02. The van der Waals surface area contributed by atoms with Crippen LogP contribution in [0.25, 0.3) is 0 Å². The summed E-state index contributed by atoms with van der Waals surface area (Å²) in [6.07, 6.45) is 0.353. The summed E-state index contributed by atoms with van der Waals surface area (Å²) >= 11 is 0. The Balaban J connectivity index is 2.40. The maximum absolute atomic E-state index is 11.3. The highest BCUT2D eigenvalue weighted by atomic mass is 16.1. The molecular weight excluding hydrogens is 190 g/mol. The monoisotopic (exact) mass is 207 g/mol. The zero-order chi connectivity index (χ0) is 11.3. The van der Waals surface area contributed by atoms with Crippen LogP contribution in [0.5, 0.6) is 0 Å².